The molecule has 0 fully saturated rings. The average Bonchev–Trinajstić information content (AvgIpc) is 1.81. The largest absolute Gasteiger partial charge is 0.707 e. The van der Waals surface area contributed by atoms with Gasteiger partial charge < -0.3 is 20.9 Å². The normalized spacial score (nSPS) is 8.92. The molecule has 5 heteroatoms. The molecular weight excluding hydrogens is 169 g/mol. The minimum absolute atomic E-state index is 0. The van der Waals surface area contributed by atoms with Crippen LogP contribution in [0.5, 0.6) is 5.75 Å². The summed E-state index contributed by atoms with van der Waals surface area (Å²) in [5.41, 5.74) is 2.07. The zero-order valence-electron chi connectivity index (χ0n) is 7.82. The van der Waals surface area contributed by atoms with E-state index in [0.29, 0.717) is 5.75 Å². The molecule has 0 spiro atoms. The number of rotatable bonds is 2. The first-order chi connectivity index (χ1) is 5.58. The average molecular weight is 183 g/mol. The number of benzene rings is 1. The van der Waals surface area contributed by atoms with Gasteiger partial charge in [0.1, 0.15) is 5.75 Å². The molecule has 0 aliphatic carbocycles. The molecule has 1 aromatic rings. The lowest BCUT2D eigenvalue weighted by molar-refractivity contribution is 0.288. The highest BCUT2D eigenvalue weighted by Gasteiger charge is 2.10. The second kappa shape index (κ2) is 4.86. The van der Waals surface area contributed by atoms with Crippen LogP contribution in [0.4, 0.5) is 0 Å². The standard InChI is InChI=1S/C8H11BO3.H3N/c1-6-3-7(2)5-8(4-6)12-9(10)11;/h3-5,10-11H,1-2H3;1H3. The Morgan fingerprint density at radius 1 is 1.08 bits per heavy atom. The first kappa shape index (κ1) is 12.0. The fourth-order valence-electron chi connectivity index (χ4n) is 1.12. The minimum Gasteiger partial charge on any atom is -0.512 e. The van der Waals surface area contributed by atoms with Crippen molar-refractivity contribution in [3.05, 3.63) is 29.3 Å². The predicted octanol–water partition coefficient (Wildman–Crippen LogP) is 0.814. The summed E-state index contributed by atoms with van der Waals surface area (Å²) in [5.74, 6) is 0.475. The summed E-state index contributed by atoms with van der Waals surface area (Å²) in [4.78, 5) is 0. The van der Waals surface area contributed by atoms with Crippen LogP contribution in [0.25, 0.3) is 0 Å². The van der Waals surface area contributed by atoms with Crippen LogP contribution in [0.2, 0.25) is 0 Å². The topological polar surface area (TPSA) is 84.7 Å². The Hall–Kier alpha value is -1.04. The Bertz CT molecular complexity index is 258. The minimum atomic E-state index is -1.74. The molecule has 13 heavy (non-hydrogen) atoms. The molecule has 0 amide bonds. The summed E-state index contributed by atoms with van der Waals surface area (Å²) >= 11 is 0. The Morgan fingerprint density at radius 2 is 1.54 bits per heavy atom. The molecule has 1 rings (SSSR count). The van der Waals surface area contributed by atoms with E-state index in [1.54, 1.807) is 12.1 Å². The summed E-state index contributed by atoms with van der Waals surface area (Å²) in [6.07, 6.45) is 0. The maximum Gasteiger partial charge on any atom is 0.707 e. The van der Waals surface area contributed by atoms with Gasteiger partial charge in [-0.05, 0) is 37.1 Å². The third-order valence-corrected chi connectivity index (χ3v) is 1.44. The van der Waals surface area contributed by atoms with Crippen molar-refractivity contribution < 1.29 is 14.7 Å². The van der Waals surface area contributed by atoms with Crippen molar-refractivity contribution in [1.29, 1.82) is 0 Å². The second-order valence-corrected chi connectivity index (χ2v) is 2.77. The SMILES string of the molecule is Cc1cc(C)cc(OB(O)O)c1.N. The third kappa shape index (κ3) is 3.94. The highest BCUT2D eigenvalue weighted by molar-refractivity contribution is 6.33. The van der Waals surface area contributed by atoms with E-state index in [0.717, 1.165) is 11.1 Å². The molecule has 0 unspecified atom stereocenters. The smallest absolute Gasteiger partial charge is 0.512 e. The van der Waals surface area contributed by atoms with E-state index in [-0.39, 0.29) is 6.15 Å². The van der Waals surface area contributed by atoms with E-state index in [1.807, 2.05) is 19.9 Å². The first-order valence-electron chi connectivity index (χ1n) is 3.69. The highest BCUT2D eigenvalue weighted by atomic mass is 16.6. The molecule has 72 valence electrons. The van der Waals surface area contributed by atoms with Crippen molar-refractivity contribution in [3.8, 4) is 5.75 Å². The van der Waals surface area contributed by atoms with Gasteiger partial charge in [0.05, 0.1) is 0 Å². The lowest BCUT2D eigenvalue weighted by Crippen LogP contribution is -2.20. The van der Waals surface area contributed by atoms with Crippen molar-refractivity contribution >= 4 is 7.32 Å². The van der Waals surface area contributed by atoms with Gasteiger partial charge in [0.15, 0.2) is 0 Å². The van der Waals surface area contributed by atoms with Gasteiger partial charge in [-0.25, -0.2) is 0 Å². The van der Waals surface area contributed by atoms with Crippen LogP contribution < -0.4 is 10.8 Å². The van der Waals surface area contributed by atoms with E-state index >= 15 is 0 Å². The molecule has 0 aliphatic rings. The molecule has 0 bridgehead atoms. The Morgan fingerprint density at radius 3 is 1.92 bits per heavy atom. The number of aryl methyl sites for hydroxylation is 2. The molecule has 5 N–H and O–H groups in total. The molecular formula is C8H14BNO3. The fourth-order valence-corrected chi connectivity index (χ4v) is 1.12. The molecule has 1 aromatic carbocycles. The Kier molecular flexibility index (Phi) is 4.47. The van der Waals surface area contributed by atoms with E-state index in [4.69, 9.17) is 10.0 Å². The van der Waals surface area contributed by atoms with E-state index < -0.39 is 7.32 Å². The van der Waals surface area contributed by atoms with E-state index in [1.165, 1.54) is 0 Å². The maximum absolute atomic E-state index is 8.52. The number of hydrogen-bond acceptors (Lipinski definition) is 4. The zero-order valence-corrected chi connectivity index (χ0v) is 7.82. The van der Waals surface area contributed by atoms with Gasteiger partial charge in [-0.15, -0.1) is 0 Å². The molecule has 0 saturated heterocycles. The van der Waals surface area contributed by atoms with E-state index in [9.17, 15) is 0 Å². The van der Waals surface area contributed by atoms with Crippen LogP contribution in [0.3, 0.4) is 0 Å². The fraction of sp³-hybridized carbons (Fsp3) is 0.250. The van der Waals surface area contributed by atoms with Crippen molar-refractivity contribution in [2.24, 2.45) is 0 Å². The molecule has 0 saturated carbocycles. The lowest BCUT2D eigenvalue weighted by Gasteiger charge is -2.06. The van der Waals surface area contributed by atoms with Crippen molar-refractivity contribution in [1.82, 2.24) is 6.15 Å². The maximum atomic E-state index is 8.52. The third-order valence-electron chi connectivity index (χ3n) is 1.44. The van der Waals surface area contributed by atoms with Crippen LogP contribution in [-0.2, 0) is 0 Å². The van der Waals surface area contributed by atoms with Crippen LogP contribution in [-0.4, -0.2) is 17.4 Å². The molecule has 0 heterocycles. The van der Waals surface area contributed by atoms with Crippen LogP contribution >= 0.6 is 0 Å². The van der Waals surface area contributed by atoms with Gasteiger partial charge >= 0.3 is 7.32 Å². The van der Waals surface area contributed by atoms with Crippen LogP contribution in [0, 0.1) is 13.8 Å². The van der Waals surface area contributed by atoms with Gasteiger partial charge in [0.2, 0.25) is 0 Å². The summed E-state index contributed by atoms with van der Waals surface area (Å²) in [6, 6.07) is 5.47. The Labute approximate surface area is 77.9 Å². The van der Waals surface area contributed by atoms with Gasteiger partial charge in [-0.1, -0.05) is 6.07 Å². The zero-order chi connectivity index (χ0) is 9.14. The molecule has 0 aliphatic heterocycles. The summed E-state index contributed by atoms with van der Waals surface area (Å²) in [7, 11) is -1.74. The van der Waals surface area contributed by atoms with Gasteiger partial charge in [0.25, 0.3) is 0 Å². The van der Waals surface area contributed by atoms with Gasteiger partial charge in [-0.2, -0.15) is 0 Å². The van der Waals surface area contributed by atoms with Crippen molar-refractivity contribution in [3.63, 3.8) is 0 Å². The van der Waals surface area contributed by atoms with Crippen LogP contribution in [0.1, 0.15) is 11.1 Å². The van der Waals surface area contributed by atoms with Crippen LogP contribution in [0.15, 0.2) is 18.2 Å². The van der Waals surface area contributed by atoms with Gasteiger partial charge in [-0.3, -0.25) is 0 Å². The van der Waals surface area contributed by atoms with Crippen molar-refractivity contribution in [2.45, 2.75) is 13.8 Å². The first-order valence-corrected chi connectivity index (χ1v) is 3.69. The molecule has 0 radical (unpaired) electrons. The molecule has 4 nitrogen and oxygen atoms in total. The Balaban J connectivity index is 0.00000144. The van der Waals surface area contributed by atoms with Crippen molar-refractivity contribution in [2.75, 3.05) is 0 Å². The summed E-state index contributed by atoms with van der Waals surface area (Å²) in [5, 5.41) is 17.0. The van der Waals surface area contributed by atoms with E-state index in [2.05, 4.69) is 4.65 Å². The number of hydrogen-bond donors (Lipinski definition) is 3. The monoisotopic (exact) mass is 183 g/mol. The molecule has 0 aromatic heterocycles. The quantitative estimate of drug-likeness (QED) is 0.592. The predicted molar refractivity (Wildman–Crippen MR) is 51.8 cm³/mol. The van der Waals surface area contributed by atoms with Gasteiger partial charge in [0, 0.05) is 0 Å². The lowest BCUT2D eigenvalue weighted by atomic mass is 10.1. The highest BCUT2D eigenvalue weighted by Crippen LogP contribution is 2.15. The molecule has 0 atom stereocenters. The summed E-state index contributed by atoms with van der Waals surface area (Å²) in [6.45, 7) is 3.84. The second-order valence-electron chi connectivity index (χ2n) is 2.77. The summed E-state index contributed by atoms with van der Waals surface area (Å²) < 4.78 is 4.69.